The highest BCUT2D eigenvalue weighted by molar-refractivity contribution is 14.0. The molecule has 0 aliphatic carbocycles. The molecule has 2 N–H and O–H groups in total. The number of nitrogens with one attached hydrogen (secondary N) is 2. The monoisotopic (exact) mass is 478 g/mol. The SMILES string of the molecule is CCNC(=NCC1CCCS1)NCCCCn1c(C)cccc1=O.I. The number of rotatable bonds is 8. The van der Waals surface area contributed by atoms with Crippen LogP contribution in [0.15, 0.2) is 28.0 Å². The van der Waals surface area contributed by atoms with Crippen molar-refractivity contribution in [3.63, 3.8) is 0 Å². The number of hydrogen-bond donors (Lipinski definition) is 2. The second-order valence-electron chi connectivity index (χ2n) is 6.15. The number of pyridine rings is 1. The van der Waals surface area contributed by atoms with E-state index >= 15 is 0 Å². The third kappa shape index (κ3) is 8.02. The highest BCUT2D eigenvalue weighted by Gasteiger charge is 2.14. The number of halogens is 1. The Labute approximate surface area is 172 Å². The molecule has 1 aliphatic heterocycles. The Kier molecular flexibility index (Phi) is 11.3. The van der Waals surface area contributed by atoms with Crippen LogP contribution in [0.2, 0.25) is 0 Å². The molecular weight excluding hydrogens is 447 g/mol. The maximum atomic E-state index is 11.8. The Bertz CT molecular complexity index is 585. The van der Waals surface area contributed by atoms with Gasteiger partial charge in [0.1, 0.15) is 0 Å². The summed E-state index contributed by atoms with van der Waals surface area (Å²) in [6.07, 6.45) is 4.62. The summed E-state index contributed by atoms with van der Waals surface area (Å²) in [5.41, 5.74) is 1.12. The third-order valence-corrected chi connectivity index (χ3v) is 5.57. The molecule has 0 saturated carbocycles. The van der Waals surface area contributed by atoms with Crippen LogP contribution < -0.4 is 16.2 Å². The van der Waals surface area contributed by atoms with Crippen LogP contribution in [0.5, 0.6) is 0 Å². The lowest BCUT2D eigenvalue weighted by atomic mass is 10.2. The van der Waals surface area contributed by atoms with Crippen molar-refractivity contribution < 1.29 is 0 Å². The lowest BCUT2D eigenvalue weighted by molar-refractivity contribution is 0.575. The molecule has 1 aliphatic rings. The first kappa shape index (κ1) is 22.3. The van der Waals surface area contributed by atoms with Crippen molar-refractivity contribution in [1.82, 2.24) is 15.2 Å². The van der Waals surface area contributed by atoms with Gasteiger partial charge in [-0.2, -0.15) is 11.8 Å². The Hall–Kier alpha value is -0.700. The molecule has 142 valence electrons. The summed E-state index contributed by atoms with van der Waals surface area (Å²) < 4.78 is 1.84. The topological polar surface area (TPSA) is 58.4 Å². The van der Waals surface area contributed by atoms with E-state index < -0.39 is 0 Å². The Morgan fingerprint density at radius 3 is 2.88 bits per heavy atom. The molecular formula is C18H31IN4OS. The summed E-state index contributed by atoms with van der Waals surface area (Å²) in [7, 11) is 0. The van der Waals surface area contributed by atoms with E-state index in [1.807, 2.05) is 35.4 Å². The summed E-state index contributed by atoms with van der Waals surface area (Å²) in [6.45, 7) is 7.51. The smallest absolute Gasteiger partial charge is 0.250 e. The van der Waals surface area contributed by atoms with E-state index in [9.17, 15) is 4.79 Å². The van der Waals surface area contributed by atoms with Crippen LogP contribution in [-0.4, -0.2) is 41.2 Å². The summed E-state index contributed by atoms with van der Waals surface area (Å²) in [6, 6.07) is 5.43. The van der Waals surface area contributed by atoms with Gasteiger partial charge in [0.25, 0.3) is 5.56 Å². The minimum atomic E-state index is 0. The van der Waals surface area contributed by atoms with E-state index in [4.69, 9.17) is 4.99 Å². The highest BCUT2D eigenvalue weighted by Crippen LogP contribution is 2.25. The van der Waals surface area contributed by atoms with Crippen LogP contribution in [0.25, 0.3) is 0 Å². The molecule has 5 nitrogen and oxygen atoms in total. The number of guanidine groups is 1. The first-order valence-electron chi connectivity index (χ1n) is 9.01. The number of unbranched alkanes of at least 4 members (excludes halogenated alkanes) is 1. The third-order valence-electron chi connectivity index (χ3n) is 4.19. The maximum Gasteiger partial charge on any atom is 0.250 e. The molecule has 0 radical (unpaired) electrons. The van der Waals surface area contributed by atoms with Crippen molar-refractivity contribution in [2.24, 2.45) is 4.99 Å². The molecule has 1 atom stereocenters. The van der Waals surface area contributed by atoms with E-state index in [1.165, 1.54) is 18.6 Å². The second kappa shape index (κ2) is 12.6. The van der Waals surface area contributed by atoms with Gasteiger partial charge in [-0.25, -0.2) is 0 Å². The van der Waals surface area contributed by atoms with Gasteiger partial charge in [-0.15, -0.1) is 24.0 Å². The van der Waals surface area contributed by atoms with Gasteiger partial charge in [-0.1, -0.05) is 6.07 Å². The molecule has 0 amide bonds. The van der Waals surface area contributed by atoms with E-state index in [0.717, 1.165) is 50.7 Å². The zero-order valence-electron chi connectivity index (χ0n) is 15.3. The molecule has 2 rings (SSSR count). The minimum absolute atomic E-state index is 0. The number of aryl methyl sites for hydroxylation is 1. The summed E-state index contributed by atoms with van der Waals surface area (Å²) >= 11 is 2.04. The standard InChI is InChI=1S/C18H30N4OS.HI/c1-3-19-18(21-14-16-9-7-13-24-16)20-11-4-5-12-22-15(2)8-6-10-17(22)23;/h6,8,10,16H,3-5,7,9,11-14H2,1-2H3,(H2,19,20,21);1H. The predicted molar refractivity (Wildman–Crippen MR) is 120 cm³/mol. The lowest BCUT2D eigenvalue weighted by Gasteiger charge is -2.13. The van der Waals surface area contributed by atoms with Crippen molar-refractivity contribution in [2.75, 3.05) is 25.4 Å². The van der Waals surface area contributed by atoms with E-state index in [0.29, 0.717) is 5.25 Å². The first-order chi connectivity index (χ1) is 11.7. The highest BCUT2D eigenvalue weighted by atomic mass is 127. The average Bonchev–Trinajstić information content (AvgIpc) is 3.08. The van der Waals surface area contributed by atoms with Crippen LogP contribution in [0.4, 0.5) is 0 Å². The number of hydrogen-bond acceptors (Lipinski definition) is 3. The zero-order valence-corrected chi connectivity index (χ0v) is 18.4. The normalized spacial score (nSPS) is 17.2. The van der Waals surface area contributed by atoms with Crippen molar-refractivity contribution in [3.05, 3.63) is 34.2 Å². The van der Waals surface area contributed by atoms with Gasteiger partial charge in [-0.3, -0.25) is 9.79 Å². The maximum absolute atomic E-state index is 11.8. The molecule has 0 spiro atoms. The van der Waals surface area contributed by atoms with Gasteiger partial charge in [0.2, 0.25) is 0 Å². The second-order valence-corrected chi connectivity index (χ2v) is 7.55. The predicted octanol–water partition coefficient (Wildman–Crippen LogP) is 3.01. The van der Waals surface area contributed by atoms with Crippen LogP contribution in [0.1, 0.15) is 38.3 Å². The fourth-order valence-electron chi connectivity index (χ4n) is 2.83. The molecule has 2 heterocycles. The van der Waals surface area contributed by atoms with E-state index in [2.05, 4.69) is 17.6 Å². The molecule has 1 aromatic heterocycles. The quantitative estimate of drug-likeness (QED) is 0.261. The average molecular weight is 478 g/mol. The zero-order chi connectivity index (χ0) is 17.2. The molecule has 0 bridgehead atoms. The first-order valence-corrected chi connectivity index (χ1v) is 10.1. The largest absolute Gasteiger partial charge is 0.357 e. The van der Waals surface area contributed by atoms with Crippen molar-refractivity contribution in [3.8, 4) is 0 Å². The molecule has 0 aromatic carbocycles. The molecule has 1 saturated heterocycles. The van der Waals surface area contributed by atoms with E-state index in [1.54, 1.807) is 6.07 Å². The van der Waals surface area contributed by atoms with Crippen LogP contribution in [-0.2, 0) is 6.54 Å². The number of nitrogens with zero attached hydrogens (tertiary/aromatic N) is 2. The fraction of sp³-hybridized carbons (Fsp3) is 0.667. The lowest BCUT2D eigenvalue weighted by Crippen LogP contribution is -2.38. The van der Waals surface area contributed by atoms with Crippen LogP contribution in [0, 0.1) is 6.92 Å². The van der Waals surface area contributed by atoms with Gasteiger partial charge >= 0.3 is 0 Å². The molecule has 1 fully saturated rings. The fourth-order valence-corrected chi connectivity index (χ4v) is 4.01. The van der Waals surface area contributed by atoms with Crippen molar-refractivity contribution in [1.29, 1.82) is 0 Å². The molecule has 1 aromatic rings. The van der Waals surface area contributed by atoms with Gasteiger partial charge in [0, 0.05) is 36.6 Å². The summed E-state index contributed by atoms with van der Waals surface area (Å²) in [5, 5.41) is 7.40. The Morgan fingerprint density at radius 2 is 2.20 bits per heavy atom. The van der Waals surface area contributed by atoms with Gasteiger partial charge in [-0.05, 0) is 51.3 Å². The van der Waals surface area contributed by atoms with Gasteiger partial charge in [0.05, 0.1) is 6.54 Å². The van der Waals surface area contributed by atoms with Crippen molar-refractivity contribution in [2.45, 2.75) is 51.3 Å². The van der Waals surface area contributed by atoms with Gasteiger partial charge < -0.3 is 15.2 Å². The molecule has 7 heteroatoms. The number of aliphatic imine (C=N–C) groups is 1. The minimum Gasteiger partial charge on any atom is -0.357 e. The van der Waals surface area contributed by atoms with E-state index in [-0.39, 0.29) is 29.5 Å². The summed E-state index contributed by atoms with van der Waals surface area (Å²) in [5.74, 6) is 2.20. The van der Waals surface area contributed by atoms with Gasteiger partial charge in [0.15, 0.2) is 5.96 Å². The molecule has 25 heavy (non-hydrogen) atoms. The summed E-state index contributed by atoms with van der Waals surface area (Å²) in [4.78, 5) is 16.5. The van der Waals surface area contributed by atoms with Crippen LogP contribution >= 0.6 is 35.7 Å². The Balaban J connectivity index is 0.00000312. The number of aromatic nitrogens is 1. The number of thioether (sulfide) groups is 1. The Morgan fingerprint density at radius 1 is 1.36 bits per heavy atom. The van der Waals surface area contributed by atoms with Crippen molar-refractivity contribution >= 4 is 41.7 Å². The van der Waals surface area contributed by atoms with Crippen LogP contribution in [0.3, 0.4) is 0 Å². The molecule has 1 unspecified atom stereocenters.